The molecule has 1 aliphatic carbocycles. The number of carbonyl (C=O) groups is 2. The Balaban J connectivity index is 2.23. The van der Waals surface area contributed by atoms with Gasteiger partial charge in [0.15, 0.2) is 5.78 Å². The van der Waals surface area contributed by atoms with Gasteiger partial charge in [-0.05, 0) is 30.5 Å². The van der Waals surface area contributed by atoms with Crippen LogP contribution in [0.1, 0.15) is 40.0 Å². The first-order chi connectivity index (χ1) is 7.18. The van der Waals surface area contributed by atoms with Gasteiger partial charge in [-0.15, -0.1) is 0 Å². The van der Waals surface area contributed by atoms with E-state index in [9.17, 15) is 9.59 Å². The molecule has 0 unspecified atom stereocenters. The highest BCUT2D eigenvalue weighted by Gasteiger charge is 2.26. The first-order valence-electron chi connectivity index (χ1n) is 5.02. The Kier molecular flexibility index (Phi) is 2.87. The molecule has 2 rings (SSSR count). The molecule has 1 aromatic carbocycles. The van der Waals surface area contributed by atoms with E-state index in [1.165, 1.54) is 0 Å². The van der Waals surface area contributed by atoms with E-state index in [-0.39, 0.29) is 11.7 Å². The number of ketones is 1. The zero-order chi connectivity index (χ0) is 10.8. The molecule has 0 spiro atoms. The fraction of sp³-hybridized carbons (Fsp3) is 0.333. The van der Waals surface area contributed by atoms with E-state index in [2.05, 4.69) is 0 Å². The minimum Gasteiger partial charge on any atom is -0.294 e. The van der Waals surface area contributed by atoms with Crippen LogP contribution in [-0.4, -0.2) is 11.0 Å². The summed E-state index contributed by atoms with van der Waals surface area (Å²) in [6.07, 6.45) is 3.07. The van der Waals surface area contributed by atoms with Crippen LogP contribution in [0, 0.1) is 5.92 Å². The molecule has 1 aromatic rings. The molecule has 0 aliphatic heterocycles. The van der Waals surface area contributed by atoms with Gasteiger partial charge < -0.3 is 0 Å². The molecule has 0 atom stereocenters. The summed E-state index contributed by atoms with van der Waals surface area (Å²) in [5.74, 6) is 0.298. The average Bonchev–Trinajstić information content (AvgIpc) is 2.15. The van der Waals surface area contributed by atoms with Gasteiger partial charge in [0.25, 0.3) is 5.24 Å². The van der Waals surface area contributed by atoms with Gasteiger partial charge in [-0.1, -0.05) is 24.6 Å². The fourth-order valence-corrected chi connectivity index (χ4v) is 1.82. The predicted octanol–water partition coefficient (Wildman–Crippen LogP) is 3.05. The van der Waals surface area contributed by atoms with Gasteiger partial charge in [0.2, 0.25) is 0 Å². The van der Waals surface area contributed by atoms with Gasteiger partial charge in [0.1, 0.15) is 0 Å². The Labute approximate surface area is 93.2 Å². The summed E-state index contributed by atoms with van der Waals surface area (Å²) < 4.78 is 0. The van der Waals surface area contributed by atoms with E-state index in [0.717, 1.165) is 19.3 Å². The third-order valence-corrected chi connectivity index (χ3v) is 3.07. The van der Waals surface area contributed by atoms with Crippen molar-refractivity contribution in [2.75, 3.05) is 0 Å². The summed E-state index contributed by atoms with van der Waals surface area (Å²) in [7, 11) is 0. The van der Waals surface area contributed by atoms with E-state index in [1.807, 2.05) is 0 Å². The van der Waals surface area contributed by atoms with Crippen molar-refractivity contribution in [2.45, 2.75) is 19.3 Å². The van der Waals surface area contributed by atoms with Gasteiger partial charge in [-0.3, -0.25) is 9.59 Å². The largest absolute Gasteiger partial charge is 0.294 e. The van der Waals surface area contributed by atoms with E-state index < -0.39 is 5.24 Å². The second-order valence-electron chi connectivity index (χ2n) is 3.85. The van der Waals surface area contributed by atoms with Gasteiger partial charge in [0, 0.05) is 17.0 Å². The number of carbonyl (C=O) groups excluding carboxylic acids is 2. The van der Waals surface area contributed by atoms with Crippen molar-refractivity contribution in [3.8, 4) is 0 Å². The van der Waals surface area contributed by atoms with Crippen molar-refractivity contribution in [2.24, 2.45) is 5.92 Å². The second-order valence-corrected chi connectivity index (χ2v) is 4.19. The van der Waals surface area contributed by atoms with E-state index >= 15 is 0 Å². The van der Waals surface area contributed by atoms with Crippen molar-refractivity contribution < 1.29 is 9.59 Å². The molecular formula is C12H11ClO2. The standard InChI is InChI=1S/C12H11ClO2/c13-12(15)10-6-2-5-9(7-10)11(14)8-3-1-4-8/h2,5-8H,1,3-4H2. The molecule has 1 saturated carbocycles. The number of halogens is 1. The summed E-state index contributed by atoms with van der Waals surface area (Å²) in [4.78, 5) is 22.8. The van der Waals surface area contributed by atoms with E-state index in [4.69, 9.17) is 11.6 Å². The van der Waals surface area contributed by atoms with Gasteiger partial charge in [-0.25, -0.2) is 0 Å². The maximum Gasteiger partial charge on any atom is 0.252 e. The van der Waals surface area contributed by atoms with Crippen LogP contribution < -0.4 is 0 Å². The van der Waals surface area contributed by atoms with Crippen molar-refractivity contribution >= 4 is 22.6 Å². The maximum atomic E-state index is 11.8. The predicted molar refractivity (Wildman–Crippen MR) is 58.3 cm³/mol. The van der Waals surface area contributed by atoms with Crippen molar-refractivity contribution in [1.82, 2.24) is 0 Å². The quantitative estimate of drug-likeness (QED) is 0.582. The average molecular weight is 223 g/mol. The first-order valence-corrected chi connectivity index (χ1v) is 5.40. The fourth-order valence-electron chi connectivity index (χ4n) is 1.70. The van der Waals surface area contributed by atoms with Crippen LogP contribution in [0.2, 0.25) is 0 Å². The van der Waals surface area contributed by atoms with Gasteiger partial charge in [-0.2, -0.15) is 0 Å². The maximum absolute atomic E-state index is 11.8. The smallest absolute Gasteiger partial charge is 0.252 e. The minimum atomic E-state index is -0.516. The molecule has 0 heterocycles. The minimum absolute atomic E-state index is 0.140. The third-order valence-electron chi connectivity index (χ3n) is 2.85. The number of Topliss-reactive ketones (excluding diaryl/α,β-unsaturated/α-hetero) is 1. The molecule has 15 heavy (non-hydrogen) atoms. The van der Waals surface area contributed by atoms with Crippen molar-refractivity contribution in [3.63, 3.8) is 0 Å². The molecule has 2 nitrogen and oxygen atoms in total. The lowest BCUT2D eigenvalue weighted by Gasteiger charge is -2.23. The topological polar surface area (TPSA) is 34.1 Å². The summed E-state index contributed by atoms with van der Waals surface area (Å²) in [5, 5.41) is -0.516. The molecule has 0 saturated heterocycles. The zero-order valence-corrected chi connectivity index (χ0v) is 8.96. The normalized spacial score (nSPS) is 15.8. The number of benzene rings is 1. The Hall–Kier alpha value is -1.15. The Morgan fingerprint density at radius 1 is 1.20 bits per heavy atom. The van der Waals surface area contributed by atoms with Crippen LogP contribution >= 0.6 is 11.6 Å². The van der Waals surface area contributed by atoms with Crippen LogP contribution in [0.15, 0.2) is 24.3 Å². The van der Waals surface area contributed by atoms with Crippen LogP contribution in [-0.2, 0) is 0 Å². The number of hydrogen-bond acceptors (Lipinski definition) is 2. The monoisotopic (exact) mass is 222 g/mol. The molecule has 0 bridgehead atoms. The zero-order valence-electron chi connectivity index (χ0n) is 8.20. The lowest BCUT2D eigenvalue weighted by atomic mass is 9.80. The molecule has 0 N–H and O–H groups in total. The highest BCUT2D eigenvalue weighted by Crippen LogP contribution is 2.29. The Morgan fingerprint density at radius 3 is 2.40 bits per heavy atom. The first kappa shape index (κ1) is 10.4. The SMILES string of the molecule is O=C(Cl)c1cccc(C(=O)C2CCC2)c1. The van der Waals surface area contributed by atoms with Crippen LogP contribution in [0.25, 0.3) is 0 Å². The molecule has 0 aromatic heterocycles. The van der Waals surface area contributed by atoms with Crippen LogP contribution in [0.4, 0.5) is 0 Å². The summed E-state index contributed by atoms with van der Waals surface area (Å²) in [5.41, 5.74) is 0.994. The molecule has 78 valence electrons. The van der Waals surface area contributed by atoms with E-state index in [1.54, 1.807) is 24.3 Å². The highest BCUT2D eigenvalue weighted by molar-refractivity contribution is 6.67. The second kappa shape index (κ2) is 4.15. The Morgan fingerprint density at radius 2 is 1.87 bits per heavy atom. The van der Waals surface area contributed by atoms with Crippen molar-refractivity contribution in [3.05, 3.63) is 35.4 Å². The molecule has 0 amide bonds. The Bertz CT molecular complexity index is 408. The molecule has 1 fully saturated rings. The molecule has 1 aliphatic rings. The van der Waals surface area contributed by atoms with Crippen LogP contribution in [0.5, 0.6) is 0 Å². The molecular weight excluding hydrogens is 212 g/mol. The molecule has 0 radical (unpaired) electrons. The van der Waals surface area contributed by atoms with Crippen molar-refractivity contribution in [1.29, 1.82) is 0 Å². The number of hydrogen-bond donors (Lipinski definition) is 0. The molecule has 3 heteroatoms. The van der Waals surface area contributed by atoms with Gasteiger partial charge >= 0.3 is 0 Å². The van der Waals surface area contributed by atoms with E-state index in [0.29, 0.717) is 11.1 Å². The summed E-state index contributed by atoms with van der Waals surface area (Å²) in [6, 6.07) is 6.63. The highest BCUT2D eigenvalue weighted by atomic mass is 35.5. The van der Waals surface area contributed by atoms with Gasteiger partial charge in [0.05, 0.1) is 0 Å². The number of rotatable bonds is 3. The summed E-state index contributed by atoms with van der Waals surface area (Å²) in [6.45, 7) is 0. The lowest BCUT2D eigenvalue weighted by molar-refractivity contribution is 0.0855. The summed E-state index contributed by atoms with van der Waals surface area (Å²) >= 11 is 5.36. The lowest BCUT2D eigenvalue weighted by Crippen LogP contribution is -2.22. The van der Waals surface area contributed by atoms with Crippen LogP contribution in [0.3, 0.4) is 0 Å². The third kappa shape index (κ3) is 2.10.